The summed E-state index contributed by atoms with van der Waals surface area (Å²) >= 11 is 7.32. The molecular formula is C11H11BrS2. The smallest absolute Gasteiger partial charge is 0.0649 e. The fourth-order valence-corrected chi connectivity index (χ4v) is 4.57. The zero-order valence-electron chi connectivity index (χ0n) is 8.13. The summed E-state index contributed by atoms with van der Waals surface area (Å²) in [7, 11) is 0. The average Bonchev–Trinajstić information content (AvgIpc) is 2.57. The average molecular weight is 287 g/mol. The second-order valence-electron chi connectivity index (χ2n) is 3.16. The Bertz CT molecular complexity index is 460. The minimum atomic E-state index is 0.951. The van der Waals surface area contributed by atoms with Crippen molar-refractivity contribution in [3.63, 3.8) is 0 Å². The van der Waals surface area contributed by atoms with Crippen LogP contribution in [-0.2, 0) is 5.33 Å². The lowest BCUT2D eigenvalue weighted by molar-refractivity contribution is 1.43. The normalized spacial score (nSPS) is 11.1. The molecule has 1 aromatic heterocycles. The molecule has 0 saturated carbocycles. The molecule has 0 saturated heterocycles. The van der Waals surface area contributed by atoms with Gasteiger partial charge in [0, 0.05) is 10.0 Å². The number of hydrogen-bond acceptors (Lipinski definition) is 2. The lowest BCUT2D eigenvalue weighted by atomic mass is 10.1. The van der Waals surface area contributed by atoms with E-state index < -0.39 is 0 Å². The van der Waals surface area contributed by atoms with Crippen LogP contribution in [0.25, 0.3) is 10.1 Å². The molecule has 0 aliphatic carbocycles. The molecule has 0 aliphatic heterocycles. The first-order chi connectivity index (χ1) is 6.77. The maximum absolute atomic E-state index is 3.57. The van der Waals surface area contributed by atoms with Gasteiger partial charge in [0.2, 0.25) is 0 Å². The van der Waals surface area contributed by atoms with Gasteiger partial charge >= 0.3 is 0 Å². The van der Waals surface area contributed by atoms with Crippen LogP contribution in [0, 0.1) is 6.92 Å². The highest BCUT2D eigenvalue weighted by Crippen LogP contribution is 2.39. The van der Waals surface area contributed by atoms with Gasteiger partial charge in [-0.25, -0.2) is 0 Å². The number of benzene rings is 1. The van der Waals surface area contributed by atoms with Crippen LogP contribution in [0.4, 0.5) is 0 Å². The third-order valence-corrected chi connectivity index (χ3v) is 5.40. The largest absolute Gasteiger partial charge is 0.128 e. The van der Waals surface area contributed by atoms with Gasteiger partial charge in [0.25, 0.3) is 0 Å². The van der Waals surface area contributed by atoms with Crippen molar-refractivity contribution < 1.29 is 0 Å². The molecule has 1 aromatic carbocycles. The summed E-state index contributed by atoms with van der Waals surface area (Å²) in [5, 5.41) is 2.36. The topological polar surface area (TPSA) is 0 Å². The van der Waals surface area contributed by atoms with Crippen LogP contribution in [0.2, 0.25) is 0 Å². The monoisotopic (exact) mass is 286 g/mol. The minimum Gasteiger partial charge on any atom is -0.128 e. The zero-order chi connectivity index (χ0) is 10.1. The quantitative estimate of drug-likeness (QED) is 0.563. The summed E-state index contributed by atoms with van der Waals surface area (Å²) in [6, 6.07) is 6.54. The minimum absolute atomic E-state index is 0.951. The number of thiophene rings is 1. The molecular weight excluding hydrogens is 276 g/mol. The van der Waals surface area contributed by atoms with E-state index in [1.54, 1.807) is 0 Å². The lowest BCUT2D eigenvalue weighted by Crippen LogP contribution is -1.76. The highest BCUT2D eigenvalue weighted by Gasteiger charge is 2.10. The number of fused-ring (bicyclic) bond motifs is 1. The van der Waals surface area contributed by atoms with Gasteiger partial charge in [0.1, 0.15) is 0 Å². The molecule has 0 nitrogen and oxygen atoms in total. The van der Waals surface area contributed by atoms with Crippen molar-refractivity contribution >= 4 is 49.1 Å². The fraction of sp³-hybridized carbons (Fsp3) is 0.273. The van der Waals surface area contributed by atoms with E-state index in [4.69, 9.17) is 0 Å². The van der Waals surface area contributed by atoms with Crippen molar-refractivity contribution in [1.82, 2.24) is 0 Å². The highest BCUT2D eigenvalue weighted by atomic mass is 79.9. The van der Waals surface area contributed by atoms with Gasteiger partial charge in [-0.2, -0.15) is 0 Å². The van der Waals surface area contributed by atoms with Gasteiger partial charge in [-0.3, -0.25) is 0 Å². The van der Waals surface area contributed by atoms with Crippen molar-refractivity contribution in [1.29, 1.82) is 0 Å². The van der Waals surface area contributed by atoms with E-state index in [9.17, 15) is 0 Å². The molecule has 0 unspecified atom stereocenters. The molecule has 0 fully saturated rings. The number of aryl methyl sites for hydroxylation is 1. The maximum Gasteiger partial charge on any atom is 0.0649 e. The molecule has 3 heteroatoms. The first-order valence-corrected chi connectivity index (χ1v) is 7.55. The van der Waals surface area contributed by atoms with Gasteiger partial charge in [0.05, 0.1) is 4.21 Å². The van der Waals surface area contributed by atoms with Gasteiger partial charge < -0.3 is 0 Å². The molecule has 0 spiro atoms. The Morgan fingerprint density at radius 1 is 1.43 bits per heavy atom. The van der Waals surface area contributed by atoms with Crippen LogP contribution < -0.4 is 0 Å². The molecule has 2 rings (SSSR count). The first-order valence-electron chi connectivity index (χ1n) is 4.39. The van der Waals surface area contributed by atoms with Crippen molar-refractivity contribution in [3.8, 4) is 0 Å². The summed E-state index contributed by atoms with van der Waals surface area (Å²) in [6.45, 7) is 2.18. The van der Waals surface area contributed by atoms with Crippen LogP contribution in [0.5, 0.6) is 0 Å². The van der Waals surface area contributed by atoms with Gasteiger partial charge in [-0.05, 0) is 29.7 Å². The molecule has 14 heavy (non-hydrogen) atoms. The van der Waals surface area contributed by atoms with Gasteiger partial charge in [0.15, 0.2) is 0 Å². The van der Waals surface area contributed by atoms with Crippen LogP contribution in [0.3, 0.4) is 0 Å². The zero-order valence-corrected chi connectivity index (χ0v) is 11.4. The highest BCUT2D eigenvalue weighted by molar-refractivity contribution is 9.08. The Hall–Kier alpha value is 0.01000. The summed E-state index contributed by atoms with van der Waals surface area (Å²) in [4.78, 5) is 0. The van der Waals surface area contributed by atoms with Gasteiger partial charge in [-0.15, -0.1) is 23.1 Å². The van der Waals surface area contributed by atoms with E-state index in [2.05, 4.69) is 47.3 Å². The van der Waals surface area contributed by atoms with Crippen LogP contribution in [-0.4, -0.2) is 6.26 Å². The molecule has 0 atom stereocenters. The fourth-order valence-electron chi connectivity index (χ4n) is 1.58. The molecule has 0 bridgehead atoms. The van der Waals surface area contributed by atoms with Gasteiger partial charge in [-0.1, -0.05) is 34.1 Å². The Morgan fingerprint density at radius 2 is 2.21 bits per heavy atom. The van der Waals surface area contributed by atoms with Crippen molar-refractivity contribution in [2.75, 3.05) is 6.26 Å². The molecule has 0 aliphatic rings. The Morgan fingerprint density at radius 3 is 2.86 bits per heavy atom. The predicted molar refractivity (Wildman–Crippen MR) is 71.0 cm³/mol. The summed E-state index contributed by atoms with van der Waals surface area (Å²) < 4.78 is 2.87. The predicted octanol–water partition coefficient (Wildman–Crippen LogP) is 4.83. The second kappa shape index (κ2) is 4.25. The van der Waals surface area contributed by atoms with E-state index in [0.29, 0.717) is 0 Å². The number of thioether (sulfide) groups is 1. The van der Waals surface area contributed by atoms with Crippen molar-refractivity contribution in [2.24, 2.45) is 0 Å². The lowest BCUT2D eigenvalue weighted by Gasteiger charge is -1.96. The Balaban J connectivity index is 2.79. The molecule has 2 aromatic rings. The third kappa shape index (κ3) is 1.62. The van der Waals surface area contributed by atoms with E-state index in [0.717, 1.165) is 5.33 Å². The van der Waals surface area contributed by atoms with E-state index in [-0.39, 0.29) is 0 Å². The number of halogens is 1. The standard InChI is InChI=1S/C11H11BrS2/c1-7-4-3-5-8-9(6-12)11(13-2)14-10(7)8/h3-5H,6H2,1-2H3. The second-order valence-corrected chi connectivity index (χ2v) is 5.81. The number of hydrogen-bond donors (Lipinski definition) is 0. The first kappa shape index (κ1) is 10.5. The SMILES string of the molecule is CSc1sc2c(C)cccc2c1CBr. The Labute approximate surface area is 101 Å². The summed E-state index contributed by atoms with van der Waals surface area (Å²) in [6.07, 6.45) is 2.15. The molecule has 0 amide bonds. The van der Waals surface area contributed by atoms with Crippen LogP contribution in [0.1, 0.15) is 11.1 Å². The van der Waals surface area contributed by atoms with E-state index in [1.807, 2.05) is 23.1 Å². The Kier molecular flexibility index (Phi) is 3.20. The summed E-state index contributed by atoms with van der Waals surface area (Å²) in [5.41, 5.74) is 2.83. The molecule has 74 valence electrons. The van der Waals surface area contributed by atoms with Crippen molar-refractivity contribution in [3.05, 3.63) is 29.3 Å². The third-order valence-electron chi connectivity index (χ3n) is 2.30. The van der Waals surface area contributed by atoms with E-state index >= 15 is 0 Å². The van der Waals surface area contributed by atoms with E-state index in [1.165, 1.54) is 25.4 Å². The molecule has 1 heterocycles. The maximum atomic E-state index is 3.57. The summed E-state index contributed by atoms with van der Waals surface area (Å²) in [5.74, 6) is 0. The van der Waals surface area contributed by atoms with Crippen LogP contribution >= 0.6 is 39.0 Å². The number of alkyl halides is 1. The van der Waals surface area contributed by atoms with Crippen molar-refractivity contribution in [2.45, 2.75) is 16.5 Å². The van der Waals surface area contributed by atoms with Crippen LogP contribution in [0.15, 0.2) is 22.4 Å². The molecule has 0 radical (unpaired) electrons. The number of rotatable bonds is 2. The molecule has 0 N–H and O–H groups in total.